The topological polar surface area (TPSA) is 67.2 Å². The number of halogens is 5. The van der Waals surface area contributed by atoms with E-state index in [-0.39, 0.29) is 6.42 Å². The molecule has 152 valence electrons. The van der Waals surface area contributed by atoms with Crippen LogP contribution in [0.25, 0.3) is 0 Å². The van der Waals surface area contributed by atoms with Crippen molar-refractivity contribution in [2.45, 2.75) is 12.6 Å². The SMILES string of the molecule is CN1CC[C@@H](C(=O)Nc2cccc(F)c2C(F)(F)F)C1=O.Cn1ccc(Cl)n1. The van der Waals surface area contributed by atoms with Crippen LogP contribution in [-0.2, 0) is 22.8 Å². The first kappa shape index (κ1) is 21.7. The molecule has 1 aromatic heterocycles. The molecule has 1 N–H and O–H groups in total. The summed E-state index contributed by atoms with van der Waals surface area (Å²) in [6.45, 7) is 0.353. The largest absolute Gasteiger partial charge is 0.421 e. The molecule has 1 aliphatic heterocycles. The maximum Gasteiger partial charge on any atom is 0.421 e. The monoisotopic (exact) mass is 420 g/mol. The molecule has 2 amide bonds. The highest BCUT2D eigenvalue weighted by molar-refractivity contribution is 6.29. The molecule has 1 saturated heterocycles. The maximum atomic E-state index is 13.4. The molecule has 2 aromatic rings. The summed E-state index contributed by atoms with van der Waals surface area (Å²) in [5.74, 6) is -3.84. The highest BCUT2D eigenvalue weighted by Gasteiger charge is 2.39. The summed E-state index contributed by atoms with van der Waals surface area (Å²) in [7, 11) is 3.32. The third-order valence-electron chi connectivity index (χ3n) is 3.98. The fourth-order valence-electron chi connectivity index (χ4n) is 2.59. The summed E-state index contributed by atoms with van der Waals surface area (Å²) in [6.07, 6.45) is -2.93. The fourth-order valence-corrected chi connectivity index (χ4v) is 2.76. The van der Waals surface area contributed by atoms with Crippen LogP contribution in [-0.4, -0.2) is 40.1 Å². The van der Waals surface area contributed by atoms with Gasteiger partial charge in [-0.1, -0.05) is 17.7 Å². The summed E-state index contributed by atoms with van der Waals surface area (Å²) < 4.78 is 53.4. The van der Waals surface area contributed by atoms with Gasteiger partial charge >= 0.3 is 6.18 Å². The normalized spacial score (nSPS) is 16.6. The molecule has 0 bridgehead atoms. The number of hydrogen-bond donors (Lipinski definition) is 1. The zero-order valence-electron chi connectivity index (χ0n) is 14.9. The molecule has 3 rings (SSSR count). The molecule has 0 spiro atoms. The van der Waals surface area contributed by atoms with Gasteiger partial charge in [-0.15, -0.1) is 0 Å². The van der Waals surface area contributed by atoms with E-state index in [9.17, 15) is 27.2 Å². The second kappa shape index (κ2) is 8.59. The summed E-state index contributed by atoms with van der Waals surface area (Å²) >= 11 is 5.43. The second-order valence-electron chi connectivity index (χ2n) is 6.06. The van der Waals surface area contributed by atoms with Crippen molar-refractivity contribution in [3.05, 3.63) is 47.0 Å². The zero-order chi connectivity index (χ0) is 21.1. The highest BCUT2D eigenvalue weighted by Crippen LogP contribution is 2.37. The van der Waals surface area contributed by atoms with Crippen molar-refractivity contribution in [1.82, 2.24) is 14.7 Å². The number of hydrogen-bond acceptors (Lipinski definition) is 3. The number of aromatic nitrogens is 2. The molecule has 1 fully saturated rings. The Balaban J connectivity index is 0.000000336. The first-order valence-electron chi connectivity index (χ1n) is 8.07. The number of carbonyl (C=O) groups is 2. The first-order chi connectivity index (χ1) is 13.0. The lowest BCUT2D eigenvalue weighted by atomic mass is 10.1. The molecule has 28 heavy (non-hydrogen) atoms. The van der Waals surface area contributed by atoms with Gasteiger partial charge in [-0.25, -0.2) is 4.39 Å². The lowest BCUT2D eigenvalue weighted by molar-refractivity contribution is -0.139. The Morgan fingerprint density at radius 1 is 1.29 bits per heavy atom. The lowest BCUT2D eigenvalue weighted by Gasteiger charge is -2.16. The zero-order valence-corrected chi connectivity index (χ0v) is 15.7. The van der Waals surface area contributed by atoms with Crippen LogP contribution >= 0.6 is 11.6 Å². The molecule has 0 saturated carbocycles. The van der Waals surface area contributed by atoms with Crippen LogP contribution in [0.1, 0.15) is 12.0 Å². The number of rotatable bonds is 2. The molecule has 1 atom stereocenters. The maximum absolute atomic E-state index is 13.4. The summed E-state index contributed by atoms with van der Waals surface area (Å²) in [6, 6.07) is 4.41. The molecular formula is C17H17ClF4N4O2. The van der Waals surface area contributed by atoms with Crippen molar-refractivity contribution in [3.63, 3.8) is 0 Å². The number of amides is 2. The van der Waals surface area contributed by atoms with Gasteiger partial charge in [0, 0.05) is 26.8 Å². The van der Waals surface area contributed by atoms with E-state index in [1.54, 1.807) is 16.9 Å². The van der Waals surface area contributed by atoms with Crippen molar-refractivity contribution in [2.24, 2.45) is 13.0 Å². The molecule has 0 unspecified atom stereocenters. The fraction of sp³-hybridized carbons (Fsp3) is 0.353. The van der Waals surface area contributed by atoms with Gasteiger partial charge in [0.1, 0.15) is 17.3 Å². The van der Waals surface area contributed by atoms with E-state index < -0.39 is 41.0 Å². The van der Waals surface area contributed by atoms with Crippen molar-refractivity contribution < 1.29 is 27.2 Å². The van der Waals surface area contributed by atoms with Crippen LogP contribution in [0.2, 0.25) is 5.15 Å². The minimum atomic E-state index is -4.94. The van der Waals surface area contributed by atoms with Gasteiger partial charge in [0.2, 0.25) is 11.8 Å². The average molecular weight is 421 g/mol. The standard InChI is InChI=1S/C13H12F4N2O2.C4H5ClN2/c1-19-6-5-7(12(19)21)11(20)18-9-4-2-3-8(14)10(9)13(15,16)17;1-7-3-2-4(5)6-7/h2-4,7H,5-6H2,1H3,(H,18,20);2-3H,1H3/t7-;/m0./s1. The second-order valence-corrected chi connectivity index (χ2v) is 6.45. The number of carbonyl (C=O) groups excluding carboxylic acids is 2. The van der Waals surface area contributed by atoms with E-state index in [0.717, 1.165) is 12.1 Å². The third kappa shape index (κ3) is 5.22. The Kier molecular flexibility index (Phi) is 6.65. The quantitative estimate of drug-likeness (QED) is 0.598. The van der Waals surface area contributed by atoms with E-state index in [1.807, 2.05) is 12.4 Å². The van der Waals surface area contributed by atoms with Gasteiger partial charge in [-0.05, 0) is 24.6 Å². The average Bonchev–Trinajstić information content (AvgIpc) is 3.12. The number of benzene rings is 1. The van der Waals surface area contributed by atoms with Crippen LogP contribution < -0.4 is 5.32 Å². The number of likely N-dealkylation sites (tertiary alicyclic amines) is 1. The Labute approximate surface area is 163 Å². The lowest BCUT2D eigenvalue weighted by Crippen LogP contribution is -2.31. The van der Waals surface area contributed by atoms with Gasteiger partial charge in [0.05, 0.1) is 5.69 Å². The number of nitrogens with zero attached hydrogens (tertiary/aromatic N) is 3. The van der Waals surface area contributed by atoms with Gasteiger partial charge in [-0.2, -0.15) is 18.3 Å². The van der Waals surface area contributed by atoms with E-state index in [0.29, 0.717) is 17.8 Å². The summed E-state index contributed by atoms with van der Waals surface area (Å²) in [5.41, 5.74) is -2.23. The van der Waals surface area contributed by atoms with Crippen molar-refractivity contribution in [3.8, 4) is 0 Å². The molecule has 2 heterocycles. The molecule has 0 radical (unpaired) electrons. The van der Waals surface area contributed by atoms with Crippen LogP contribution in [0.4, 0.5) is 23.2 Å². The van der Waals surface area contributed by atoms with Gasteiger partial charge in [0.15, 0.2) is 5.15 Å². The van der Waals surface area contributed by atoms with Gasteiger partial charge < -0.3 is 10.2 Å². The number of alkyl halides is 3. The molecular weight excluding hydrogens is 404 g/mol. The van der Waals surface area contributed by atoms with Gasteiger partial charge in [0.25, 0.3) is 0 Å². The number of nitrogens with one attached hydrogen (secondary N) is 1. The van der Waals surface area contributed by atoms with E-state index in [4.69, 9.17) is 11.6 Å². The molecule has 6 nitrogen and oxygen atoms in total. The van der Waals surface area contributed by atoms with Crippen molar-refractivity contribution in [1.29, 1.82) is 0 Å². The molecule has 0 aliphatic carbocycles. The highest BCUT2D eigenvalue weighted by atomic mass is 35.5. The Morgan fingerprint density at radius 2 is 1.96 bits per heavy atom. The molecule has 11 heteroatoms. The summed E-state index contributed by atoms with van der Waals surface area (Å²) in [5, 5.41) is 6.34. The van der Waals surface area contributed by atoms with E-state index in [1.165, 1.54) is 11.9 Å². The summed E-state index contributed by atoms with van der Waals surface area (Å²) in [4.78, 5) is 24.9. The van der Waals surface area contributed by atoms with Crippen LogP contribution in [0, 0.1) is 11.7 Å². The third-order valence-corrected chi connectivity index (χ3v) is 4.18. The Morgan fingerprint density at radius 3 is 2.39 bits per heavy atom. The van der Waals surface area contributed by atoms with E-state index >= 15 is 0 Å². The van der Waals surface area contributed by atoms with Gasteiger partial charge in [-0.3, -0.25) is 14.3 Å². The minimum Gasteiger partial charge on any atom is -0.345 e. The molecule has 1 aromatic carbocycles. The van der Waals surface area contributed by atoms with Crippen LogP contribution in [0.3, 0.4) is 0 Å². The van der Waals surface area contributed by atoms with Crippen molar-refractivity contribution in [2.75, 3.05) is 18.9 Å². The first-order valence-corrected chi connectivity index (χ1v) is 8.45. The smallest absolute Gasteiger partial charge is 0.345 e. The molecule has 1 aliphatic rings. The van der Waals surface area contributed by atoms with Crippen LogP contribution in [0.15, 0.2) is 30.5 Å². The Hall–Kier alpha value is -2.62. The minimum absolute atomic E-state index is 0.220. The number of anilines is 1. The van der Waals surface area contributed by atoms with Crippen molar-refractivity contribution >= 4 is 29.1 Å². The van der Waals surface area contributed by atoms with Crippen LogP contribution in [0.5, 0.6) is 0 Å². The predicted molar refractivity (Wildman–Crippen MR) is 94.0 cm³/mol. The predicted octanol–water partition coefficient (Wildman–Crippen LogP) is 3.33. The number of aryl methyl sites for hydroxylation is 1. The van der Waals surface area contributed by atoms with E-state index in [2.05, 4.69) is 5.10 Å². The Bertz CT molecular complexity index is 853.